The van der Waals surface area contributed by atoms with Crippen LogP contribution in [0.2, 0.25) is 0 Å². The Morgan fingerprint density at radius 3 is 1.97 bits per heavy atom. The van der Waals surface area contributed by atoms with E-state index in [4.69, 9.17) is 10.2 Å². The molecule has 1 aliphatic carbocycles. The Balaban J connectivity index is 0.000000371. The van der Waals surface area contributed by atoms with Crippen molar-refractivity contribution in [1.29, 1.82) is 0 Å². The van der Waals surface area contributed by atoms with Crippen LogP contribution in [0, 0.1) is 0 Å². The first kappa shape index (κ1) is 26.1. The Bertz CT molecular complexity index is 991. The van der Waals surface area contributed by atoms with Gasteiger partial charge in [0.1, 0.15) is 0 Å². The zero-order chi connectivity index (χ0) is 25.2. The van der Waals surface area contributed by atoms with Crippen LogP contribution in [0.4, 0.5) is 5.69 Å². The maximum Gasteiger partial charge on any atom is 0.328 e. The third-order valence-electron chi connectivity index (χ3n) is 6.58. The van der Waals surface area contributed by atoms with Gasteiger partial charge in [-0.05, 0) is 60.6 Å². The Labute approximate surface area is 205 Å². The number of hydrogen-bond acceptors (Lipinski definition) is 6. The molecule has 8 heteroatoms. The van der Waals surface area contributed by atoms with Crippen LogP contribution in [0.1, 0.15) is 42.7 Å². The van der Waals surface area contributed by atoms with Gasteiger partial charge in [0, 0.05) is 50.6 Å². The fourth-order valence-electron chi connectivity index (χ4n) is 4.60. The number of carboxylic acids is 2. The molecule has 0 bridgehead atoms. The molecule has 0 aromatic heterocycles. The van der Waals surface area contributed by atoms with Gasteiger partial charge in [0.15, 0.2) is 11.5 Å². The smallest absolute Gasteiger partial charge is 0.328 e. The van der Waals surface area contributed by atoms with Crippen molar-refractivity contribution >= 4 is 17.6 Å². The van der Waals surface area contributed by atoms with Crippen LogP contribution in [0.15, 0.2) is 54.6 Å². The highest BCUT2D eigenvalue weighted by atomic mass is 16.4. The monoisotopic (exact) mass is 482 g/mol. The van der Waals surface area contributed by atoms with E-state index in [1.807, 2.05) is 6.07 Å². The molecule has 0 amide bonds. The topological polar surface area (TPSA) is 122 Å². The summed E-state index contributed by atoms with van der Waals surface area (Å²) in [4.78, 5) is 24.1. The van der Waals surface area contributed by atoms with E-state index in [0.29, 0.717) is 12.2 Å². The lowest BCUT2D eigenvalue weighted by Gasteiger charge is -2.36. The number of phenolic OH excluding ortho intramolecular Hbond substituents is 2. The van der Waals surface area contributed by atoms with Gasteiger partial charge in [-0.3, -0.25) is 4.90 Å². The number of aromatic hydroxyl groups is 2. The molecule has 2 aromatic carbocycles. The summed E-state index contributed by atoms with van der Waals surface area (Å²) in [6.07, 6.45) is 7.50. The number of rotatable bonds is 7. The highest BCUT2D eigenvalue weighted by Gasteiger charge is 2.19. The molecule has 1 aliphatic heterocycles. The second-order valence-corrected chi connectivity index (χ2v) is 8.98. The molecular formula is C27H34N2O6. The molecule has 1 saturated carbocycles. The zero-order valence-electron chi connectivity index (χ0n) is 19.8. The fourth-order valence-corrected chi connectivity index (χ4v) is 4.60. The molecule has 0 unspecified atom stereocenters. The van der Waals surface area contributed by atoms with E-state index in [2.05, 4.69) is 34.1 Å². The second kappa shape index (κ2) is 12.8. The lowest BCUT2D eigenvalue weighted by molar-refractivity contribution is -0.134. The Morgan fingerprint density at radius 1 is 0.829 bits per heavy atom. The molecule has 4 rings (SSSR count). The maximum absolute atomic E-state index is 9.62. The minimum Gasteiger partial charge on any atom is -0.504 e. The first-order chi connectivity index (χ1) is 16.8. The highest BCUT2D eigenvalue weighted by Crippen LogP contribution is 2.34. The van der Waals surface area contributed by atoms with Crippen molar-refractivity contribution in [2.24, 2.45) is 0 Å². The molecule has 0 atom stereocenters. The number of piperazine rings is 1. The highest BCUT2D eigenvalue weighted by molar-refractivity contribution is 5.89. The van der Waals surface area contributed by atoms with Crippen LogP contribution in [0.25, 0.3) is 0 Å². The third kappa shape index (κ3) is 8.33. The maximum atomic E-state index is 9.62. The van der Waals surface area contributed by atoms with Gasteiger partial charge in [-0.25, -0.2) is 9.59 Å². The summed E-state index contributed by atoms with van der Waals surface area (Å²) in [5.74, 6) is -1.81. The molecule has 188 valence electrons. The average Bonchev–Trinajstić information content (AvgIpc) is 3.39. The van der Waals surface area contributed by atoms with Gasteiger partial charge in [-0.15, -0.1) is 0 Å². The number of carboxylic acid groups (broad SMARTS) is 2. The summed E-state index contributed by atoms with van der Waals surface area (Å²) >= 11 is 0. The summed E-state index contributed by atoms with van der Waals surface area (Å²) in [7, 11) is 0. The number of phenols is 2. The lowest BCUT2D eigenvalue weighted by atomic mass is 9.97. The number of benzene rings is 2. The summed E-state index contributed by atoms with van der Waals surface area (Å²) in [6, 6.07) is 14.4. The fraction of sp³-hybridized carbons (Fsp3) is 0.407. The predicted octanol–water partition coefficient (Wildman–Crippen LogP) is 3.83. The van der Waals surface area contributed by atoms with E-state index in [1.165, 1.54) is 36.9 Å². The van der Waals surface area contributed by atoms with Gasteiger partial charge < -0.3 is 25.3 Å². The Hall–Kier alpha value is -3.52. The minimum absolute atomic E-state index is 0.0293. The SMILES string of the molecule is O=C(O)/C=C\C(=O)O.Oc1ccc(CCN2CCN(c3ccc(C4CCCC4)cc3)CC2)cc1O. The Morgan fingerprint density at radius 2 is 1.43 bits per heavy atom. The molecule has 4 N–H and O–H groups in total. The number of carbonyl (C=O) groups is 2. The molecular weight excluding hydrogens is 448 g/mol. The van der Waals surface area contributed by atoms with E-state index in [9.17, 15) is 19.8 Å². The van der Waals surface area contributed by atoms with Gasteiger partial charge in [0.05, 0.1) is 0 Å². The quantitative estimate of drug-likeness (QED) is 0.347. The average molecular weight is 483 g/mol. The van der Waals surface area contributed by atoms with E-state index in [-0.39, 0.29) is 11.5 Å². The van der Waals surface area contributed by atoms with Crippen molar-refractivity contribution < 1.29 is 30.0 Å². The first-order valence-corrected chi connectivity index (χ1v) is 12.0. The number of hydrogen-bond donors (Lipinski definition) is 4. The van der Waals surface area contributed by atoms with Gasteiger partial charge in [0.2, 0.25) is 0 Å². The van der Waals surface area contributed by atoms with E-state index < -0.39 is 11.9 Å². The second-order valence-electron chi connectivity index (χ2n) is 8.98. The molecule has 0 radical (unpaired) electrons. The Kier molecular flexibility index (Phi) is 9.55. The van der Waals surface area contributed by atoms with Crippen LogP contribution >= 0.6 is 0 Å². The van der Waals surface area contributed by atoms with Gasteiger partial charge >= 0.3 is 11.9 Å². The molecule has 2 fully saturated rings. The molecule has 2 aliphatic rings. The molecule has 2 aromatic rings. The number of aliphatic carboxylic acids is 2. The van der Waals surface area contributed by atoms with Crippen molar-refractivity contribution in [2.45, 2.75) is 38.0 Å². The van der Waals surface area contributed by atoms with Crippen LogP contribution in [-0.2, 0) is 16.0 Å². The van der Waals surface area contributed by atoms with Crippen molar-refractivity contribution in [3.63, 3.8) is 0 Å². The summed E-state index contributed by atoms with van der Waals surface area (Å²) in [5.41, 5.74) is 3.93. The largest absolute Gasteiger partial charge is 0.504 e. The summed E-state index contributed by atoms with van der Waals surface area (Å²) in [6.45, 7) is 5.23. The normalized spacial score (nSPS) is 16.7. The molecule has 1 saturated heterocycles. The first-order valence-electron chi connectivity index (χ1n) is 12.0. The van der Waals surface area contributed by atoms with Crippen molar-refractivity contribution in [3.05, 3.63) is 65.7 Å². The van der Waals surface area contributed by atoms with Crippen LogP contribution in [0.3, 0.4) is 0 Å². The molecule has 1 heterocycles. The third-order valence-corrected chi connectivity index (χ3v) is 6.58. The zero-order valence-corrected chi connectivity index (χ0v) is 19.8. The standard InChI is InChI=1S/C23H30N2O2.C4H4O4/c26-22-10-5-18(17-23(22)27)11-12-24-13-15-25(16-14-24)21-8-6-20(7-9-21)19-3-1-2-4-19;5-3(6)1-2-4(7)8/h5-10,17,19,26-27H,1-4,11-16H2;1-2H,(H,5,6)(H,7,8)/b;2-1-. The predicted molar refractivity (Wildman–Crippen MR) is 134 cm³/mol. The van der Waals surface area contributed by atoms with E-state index in [0.717, 1.165) is 50.6 Å². The number of nitrogens with zero attached hydrogens (tertiary/aromatic N) is 2. The lowest BCUT2D eigenvalue weighted by Crippen LogP contribution is -2.47. The van der Waals surface area contributed by atoms with Gasteiger partial charge in [-0.2, -0.15) is 0 Å². The van der Waals surface area contributed by atoms with Crippen molar-refractivity contribution in [2.75, 3.05) is 37.6 Å². The van der Waals surface area contributed by atoms with Crippen LogP contribution in [-0.4, -0.2) is 70.0 Å². The van der Waals surface area contributed by atoms with Crippen LogP contribution in [0.5, 0.6) is 11.5 Å². The van der Waals surface area contributed by atoms with Crippen molar-refractivity contribution in [1.82, 2.24) is 4.90 Å². The van der Waals surface area contributed by atoms with Gasteiger partial charge in [-0.1, -0.05) is 31.0 Å². The molecule has 0 spiro atoms. The summed E-state index contributed by atoms with van der Waals surface area (Å²) < 4.78 is 0. The van der Waals surface area contributed by atoms with Gasteiger partial charge in [0.25, 0.3) is 0 Å². The van der Waals surface area contributed by atoms with E-state index >= 15 is 0 Å². The summed E-state index contributed by atoms with van der Waals surface area (Å²) in [5, 5.41) is 34.7. The van der Waals surface area contributed by atoms with E-state index in [1.54, 1.807) is 12.1 Å². The van der Waals surface area contributed by atoms with Crippen LogP contribution < -0.4 is 4.90 Å². The molecule has 35 heavy (non-hydrogen) atoms. The van der Waals surface area contributed by atoms with Crippen molar-refractivity contribution in [3.8, 4) is 11.5 Å². The molecule has 8 nitrogen and oxygen atoms in total. The number of anilines is 1. The minimum atomic E-state index is -1.26.